The fraction of sp³-hybridized carbons (Fsp3) is 0.364. The lowest BCUT2D eigenvalue weighted by Crippen LogP contribution is -2.14. The first-order chi connectivity index (χ1) is 9.92. The van der Waals surface area contributed by atoms with Gasteiger partial charge >= 0.3 is 6.01 Å². The van der Waals surface area contributed by atoms with Crippen LogP contribution >= 0.6 is 11.6 Å². The molecular formula is C11H14ClN5O3S. The summed E-state index contributed by atoms with van der Waals surface area (Å²) in [6, 6.07) is 1.09. The van der Waals surface area contributed by atoms with E-state index in [2.05, 4.69) is 25.2 Å². The first-order valence-electron chi connectivity index (χ1n) is 6.15. The average molecular weight is 332 g/mol. The Morgan fingerprint density at radius 1 is 1.43 bits per heavy atom. The summed E-state index contributed by atoms with van der Waals surface area (Å²) in [4.78, 5) is 7.68. The number of aromatic nitrogens is 3. The molecule has 0 aliphatic heterocycles. The fourth-order valence-electron chi connectivity index (χ4n) is 1.45. The molecule has 10 heteroatoms. The van der Waals surface area contributed by atoms with Crippen molar-refractivity contribution in [2.24, 2.45) is 0 Å². The first-order valence-corrected chi connectivity index (χ1v) is 8.01. The number of sulfonamides is 1. The number of hydrogen-bond donors (Lipinski definition) is 2. The zero-order chi connectivity index (χ0) is 15.5. The number of nitrogens with one attached hydrogen (secondary N) is 2. The van der Waals surface area contributed by atoms with Gasteiger partial charge in [0.2, 0.25) is 0 Å². The Bertz CT molecular complexity index is 731. The largest absolute Gasteiger partial charge is 0.369 e. The molecule has 0 aromatic carbocycles. The minimum atomic E-state index is -3.88. The van der Waals surface area contributed by atoms with E-state index in [1.54, 1.807) is 6.92 Å². The van der Waals surface area contributed by atoms with E-state index in [1.165, 1.54) is 12.3 Å². The molecule has 2 aromatic rings. The molecule has 0 aliphatic carbocycles. The van der Waals surface area contributed by atoms with E-state index in [0.29, 0.717) is 18.2 Å². The number of halogens is 1. The zero-order valence-electron chi connectivity index (χ0n) is 11.4. The Hall–Kier alpha value is -1.87. The predicted octanol–water partition coefficient (Wildman–Crippen LogP) is 2.05. The minimum absolute atomic E-state index is 0.0922. The van der Waals surface area contributed by atoms with Crippen LogP contribution in [0.25, 0.3) is 0 Å². The van der Waals surface area contributed by atoms with E-state index in [4.69, 9.17) is 16.1 Å². The van der Waals surface area contributed by atoms with Crippen LogP contribution in [-0.4, -0.2) is 30.1 Å². The maximum Gasteiger partial charge on any atom is 0.335 e. The van der Waals surface area contributed by atoms with Gasteiger partial charge in [0, 0.05) is 12.7 Å². The molecule has 2 heterocycles. The number of aryl methyl sites for hydroxylation is 1. The Kier molecular flexibility index (Phi) is 4.63. The van der Waals surface area contributed by atoms with E-state index in [-0.39, 0.29) is 15.9 Å². The third kappa shape index (κ3) is 3.82. The van der Waals surface area contributed by atoms with Crippen LogP contribution in [0.4, 0.5) is 11.8 Å². The van der Waals surface area contributed by atoms with Crippen molar-refractivity contribution in [3.8, 4) is 0 Å². The summed E-state index contributed by atoms with van der Waals surface area (Å²) >= 11 is 6.01. The molecular weight excluding hydrogens is 318 g/mol. The summed E-state index contributed by atoms with van der Waals surface area (Å²) in [5, 5.41) is 6.71. The van der Waals surface area contributed by atoms with Gasteiger partial charge in [-0.05, 0) is 19.4 Å². The van der Waals surface area contributed by atoms with Crippen LogP contribution in [0.3, 0.4) is 0 Å². The van der Waals surface area contributed by atoms with Crippen LogP contribution in [0.15, 0.2) is 21.7 Å². The van der Waals surface area contributed by atoms with Gasteiger partial charge in [-0.25, -0.2) is 18.1 Å². The molecule has 0 amide bonds. The van der Waals surface area contributed by atoms with Crippen LogP contribution in [0, 0.1) is 6.92 Å². The molecule has 0 unspecified atom stereocenters. The maximum absolute atomic E-state index is 12.1. The third-order valence-corrected chi connectivity index (χ3v) is 3.99. The van der Waals surface area contributed by atoms with Gasteiger partial charge in [-0.3, -0.25) is 0 Å². The Morgan fingerprint density at radius 2 is 2.19 bits per heavy atom. The topological polar surface area (TPSA) is 110 Å². The van der Waals surface area contributed by atoms with Gasteiger partial charge in [-0.2, -0.15) is 4.98 Å². The van der Waals surface area contributed by atoms with Crippen LogP contribution in [0.1, 0.15) is 19.2 Å². The molecule has 0 spiro atoms. The lowest BCUT2D eigenvalue weighted by Gasteiger charge is -2.08. The molecule has 0 bridgehead atoms. The van der Waals surface area contributed by atoms with Gasteiger partial charge in [0.15, 0.2) is 5.82 Å². The van der Waals surface area contributed by atoms with Crippen molar-refractivity contribution in [3.63, 3.8) is 0 Å². The number of nitrogens with zero attached hydrogens (tertiary/aromatic N) is 3. The Labute approximate surface area is 127 Å². The van der Waals surface area contributed by atoms with Crippen LogP contribution in [0.2, 0.25) is 5.02 Å². The van der Waals surface area contributed by atoms with Crippen LogP contribution < -0.4 is 10.0 Å². The van der Waals surface area contributed by atoms with E-state index in [1.807, 2.05) is 6.92 Å². The SMILES string of the molecule is CCCNc1ncc(S(=O)(=O)Nc2nc(C)no2)cc1Cl. The van der Waals surface area contributed by atoms with Crippen molar-refractivity contribution in [2.45, 2.75) is 25.2 Å². The van der Waals surface area contributed by atoms with Crippen molar-refractivity contribution in [2.75, 3.05) is 16.6 Å². The molecule has 2 rings (SSSR count). The van der Waals surface area contributed by atoms with Gasteiger partial charge in [0.1, 0.15) is 10.7 Å². The van der Waals surface area contributed by atoms with Gasteiger partial charge in [0.25, 0.3) is 10.0 Å². The summed E-state index contributed by atoms with van der Waals surface area (Å²) in [5.74, 6) is 0.758. The molecule has 0 saturated carbocycles. The molecule has 0 fully saturated rings. The lowest BCUT2D eigenvalue weighted by atomic mass is 10.4. The highest BCUT2D eigenvalue weighted by atomic mass is 35.5. The second kappa shape index (κ2) is 6.27. The van der Waals surface area contributed by atoms with Crippen molar-refractivity contribution >= 4 is 33.5 Å². The van der Waals surface area contributed by atoms with Crippen LogP contribution in [0.5, 0.6) is 0 Å². The summed E-state index contributed by atoms with van der Waals surface area (Å²) in [7, 11) is -3.88. The molecule has 8 nitrogen and oxygen atoms in total. The summed E-state index contributed by atoms with van der Waals surface area (Å²) in [6.07, 6.45) is 2.10. The Morgan fingerprint density at radius 3 is 2.76 bits per heavy atom. The molecule has 114 valence electrons. The molecule has 0 radical (unpaired) electrons. The number of anilines is 2. The predicted molar refractivity (Wildman–Crippen MR) is 77.9 cm³/mol. The second-order valence-electron chi connectivity index (χ2n) is 4.18. The van der Waals surface area contributed by atoms with Crippen molar-refractivity contribution in [1.29, 1.82) is 0 Å². The van der Waals surface area contributed by atoms with E-state index < -0.39 is 10.0 Å². The number of hydrogen-bond acceptors (Lipinski definition) is 7. The zero-order valence-corrected chi connectivity index (χ0v) is 13.0. The maximum atomic E-state index is 12.1. The molecule has 2 aromatic heterocycles. The van der Waals surface area contributed by atoms with Gasteiger partial charge in [-0.15, -0.1) is 0 Å². The van der Waals surface area contributed by atoms with Crippen molar-refractivity contribution < 1.29 is 12.9 Å². The molecule has 21 heavy (non-hydrogen) atoms. The van der Waals surface area contributed by atoms with E-state index in [9.17, 15) is 8.42 Å². The summed E-state index contributed by atoms with van der Waals surface area (Å²) < 4.78 is 31.1. The second-order valence-corrected chi connectivity index (χ2v) is 6.27. The highest BCUT2D eigenvalue weighted by Gasteiger charge is 2.19. The number of rotatable bonds is 6. The quantitative estimate of drug-likeness (QED) is 0.833. The molecule has 2 N–H and O–H groups in total. The standard InChI is InChI=1S/C11H14ClN5O3S/c1-3-4-13-10-9(12)5-8(6-14-10)21(18,19)17-11-15-7(2)16-20-11/h5-6H,3-4H2,1-2H3,(H,13,14)(H,15,16,17). The highest BCUT2D eigenvalue weighted by Crippen LogP contribution is 2.23. The van der Waals surface area contributed by atoms with Crippen LogP contribution in [-0.2, 0) is 10.0 Å². The molecule has 0 saturated heterocycles. The monoisotopic (exact) mass is 331 g/mol. The molecule has 0 aliphatic rings. The highest BCUT2D eigenvalue weighted by molar-refractivity contribution is 7.92. The van der Waals surface area contributed by atoms with Crippen molar-refractivity contribution in [3.05, 3.63) is 23.1 Å². The van der Waals surface area contributed by atoms with E-state index in [0.717, 1.165) is 6.42 Å². The lowest BCUT2D eigenvalue weighted by molar-refractivity contribution is 0.429. The van der Waals surface area contributed by atoms with Gasteiger partial charge in [0.05, 0.1) is 5.02 Å². The van der Waals surface area contributed by atoms with Gasteiger partial charge in [-0.1, -0.05) is 23.7 Å². The third-order valence-electron chi connectivity index (χ3n) is 2.42. The summed E-state index contributed by atoms with van der Waals surface area (Å²) in [5.41, 5.74) is 0. The normalized spacial score (nSPS) is 11.4. The molecule has 0 atom stereocenters. The number of pyridine rings is 1. The fourth-order valence-corrected chi connectivity index (χ4v) is 2.65. The first kappa shape index (κ1) is 15.5. The summed E-state index contributed by atoms with van der Waals surface area (Å²) in [6.45, 7) is 4.27. The van der Waals surface area contributed by atoms with Gasteiger partial charge < -0.3 is 9.84 Å². The van der Waals surface area contributed by atoms with Crippen molar-refractivity contribution in [1.82, 2.24) is 15.1 Å². The average Bonchev–Trinajstić information content (AvgIpc) is 2.82. The minimum Gasteiger partial charge on any atom is -0.369 e. The smallest absolute Gasteiger partial charge is 0.335 e. The van der Waals surface area contributed by atoms with E-state index >= 15 is 0 Å². The Balaban J connectivity index is 2.22.